The molecule has 7 heteroatoms. The Hall–Kier alpha value is -9.20. The molecule has 0 spiro atoms. The lowest BCUT2D eigenvalue weighted by Crippen LogP contribution is -2.27. The Morgan fingerprint density at radius 3 is 1.17 bits per heavy atom. The number of para-hydroxylation sites is 3. The van der Waals surface area contributed by atoms with E-state index in [-0.39, 0.29) is 11.8 Å². The fraction of sp³-hybridized carbons (Fsp3) is 0.0323. The average molecular weight is 882 g/mol. The smallest absolute Gasteiger partial charge is 0.166 e. The molecule has 2 atom stereocenters. The molecule has 7 nitrogen and oxygen atoms in total. The van der Waals surface area contributed by atoms with E-state index in [0.29, 0.717) is 34.9 Å². The van der Waals surface area contributed by atoms with Gasteiger partial charge in [-0.3, -0.25) is 0 Å². The van der Waals surface area contributed by atoms with Crippen LogP contribution in [0.4, 0.5) is 0 Å². The number of fused-ring (bicyclic) bond motifs is 3. The summed E-state index contributed by atoms with van der Waals surface area (Å²) in [6.07, 6.45) is 0. The Balaban J connectivity index is 0.925. The van der Waals surface area contributed by atoms with Gasteiger partial charge >= 0.3 is 0 Å². The van der Waals surface area contributed by atoms with Gasteiger partial charge in [-0.2, -0.15) is 0 Å². The number of aromatic nitrogens is 7. The van der Waals surface area contributed by atoms with E-state index in [4.69, 9.17) is 29.9 Å². The van der Waals surface area contributed by atoms with E-state index in [0.717, 1.165) is 55.5 Å². The van der Waals surface area contributed by atoms with Crippen molar-refractivity contribution in [1.29, 1.82) is 0 Å². The minimum absolute atomic E-state index is 0.00791. The van der Waals surface area contributed by atoms with Crippen molar-refractivity contribution in [3.8, 4) is 74.0 Å². The molecule has 0 amide bonds. The maximum atomic E-state index is 5.40. The maximum absolute atomic E-state index is 5.40. The third kappa shape index (κ3) is 6.35. The molecular weight excluding hydrogens is 843 g/mol. The second-order valence-electron chi connectivity index (χ2n) is 17.8. The average Bonchev–Trinajstić information content (AvgIpc) is 3.78. The molecule has 0 fully saturated rings. The van der Waals surface area contributed by atoms with Crippen LogP contribution in [-0.2, 0) is 0 Å². The van der Waals surface area contributed by atoms with E-state index in [1.165, 1.54) is 38.8 Å². The summed E-state index contributed by atoms with van der Waals surface area (Å²) in [5.41, 5.74) is 16.7. The van der Waals surface area contributed by atoms with Crippen molar-refractivity contribution in [2.75, 3.05) is 0 Å². The highest BCUT2D eigenvalue weighted by Crippen LogP contribution is 2.56. The molecule has 3 aliphatic rings. The first-order valence-electron chi connectivity index (χ1n) is 23.4. The zero-order chi connectivity index (χ0) is 45.4. The molecule has 0 saturated carbocycles. The van der Waals surface area contributed by atoms with Crippen LogP contribution in [0.1, 0.15) is 45.2 Å². The van der Waals surface area contributed by atoms with Crippen molar-refractivity contribution in [3.63, 3.8) is 0 Å². The van der Waals surface area contributed by atoms with Crippen molar-refractivity contribution in [3.05, 3.63) is 258 Å². The Labute approximate surface area is 398 Å². The summed E-state index contributed by atoms with van der Waals surface area (Å²) in [6, 6.07) is 78.7. The largest absolute Gasteiger partial charge is 0.309 e. The summed E-state index contributed by atoms with van der Waals surface area (Å²) >= 11 is 0. The van der Waals surface area contributed by atoms with Gasteiger partial charge in [-0.1, -0.05) is 188 Å². The van der Waals surface area contributed by atoms with Gasteiger partial charge in [0.15, 0.2) is 34.9 Å². The standard InChI is InChI=1S/C62H39N7/c1-5-18-38(19-6-1)57-63-58(39-20-7-2-8-21-39)65-60(64-57)41-32-34-47-51(36-41)54-45-27-13-14-28-46(45)55(47)52-37-42(33-35-48(52)54)61-66-59(40-22-9-3-10-23-40)67-62(68-61)50-30-17-29-49-44-26-15-16-31-53(44)69(56(49)50)43-24-11-4-12-25-43/h1-37,54-55H. The van der Waals surface area contributed by atoms with E-state index in [1.54, 1.807) is 0 Å². The van der Waals surface area contributed by atoms with Crippen LogP contribution in [0.3, 0.4) is 0 Å². The molecule has 9 aromatic carbocycles. The number of nitrogens with zero attached hydrogens (tertiary/aromatic N) is 7. The van der Waals surface area contributed by atoms with Gasteiger partial charge in [-0.15, -0.1) is 0 Å². The van der Waals surface area contributed by atoms with Crippen molar-refractivity contribution in [2.45, 2.75) is 11.8 Å². The molecular formula is C62H39N7. The second-order valence-corrected chi connectivity index (χ2v) is 17.8. The summed E-state index contributed by atoms with van der Waals surface area (Å²) < 4.78 is 2.34. The quantitative estimate of drug-likeness (QED) is 0.159. The lowest BCUT2D eigenvalue weighted by molar-refractivity contribution is 0.754. The summed E-state index contributed by atoms with van der Waals surface area (Å²) in [6.45, 7) is 0. The van der Waals surface area contributed by atoms with E-state index < -0.39 is 0 Å². The lowest BCUT2D eigenvalue weighted by atomic mass is 9.61. The highest BCUT2D eigenvalue weighted by atomic mass is 15.1. The Morgan fingerprint density at radius 2 is 0.667 bits per heavy atom. The van der Waals surface area contributed by atoms with Gasteiger partial charge in [0.25, 0.3) is 0 Å². The summed E-state index contributed by atoms with van der Waals surface area (Å²) in [5.74, 6) is 3.84. The van der Waals surface area contributed by atoms with Crippen LogP contribution in [0, 0.1) is 0 Å². The van der Waals surface area contributed by atoms with Crippen molar-refractivity contribution in [2.24, 2.45) is 0 Å². The van der Waals surface area contributed by atoms with Crippen LogP contribution in [0.25, 0.3) is 95.8 Å². The first kappa shape index (κ1) is 39.0. The highest BCUT2D eigenvalue weighted by Gasteiger charge is 2.41. The van der Waals surface area contributed by atoms with Crippen LogP contribution in [0.15, 0.2) is 224 Å². The summed E-state index contributed by atoms with van der Waals surface area (Å²) in [5, 5.41) is 2.32. The van der Waals surface area contributed by atoms with E-state index >= 15 is 0 Å². The summed E-state index contributed by atoms with van der Waals surface area (Å²) in [7, 11) is 0. The fourth-order valence-corrected chi connectivity index (χ4v) is 10.8. The molecule has 322 valence electrons. The van der Waals surface area contributed by atoms with Gasteiger partial charge in [-0.05, 0) is 69.8 Å². The molecule has 69 heavy (non-hydrogen) atoms. The third-order valence-electron chi connectivity index (χ3n) is 13.9. The fourth-order valence-electron chi connectivity index (χ4n) is 10.8. The number of rotatable bonds is 7. The highest BCUT2D eigenvalue weighted by molar-refractivity contribution is 6.13. The zero-order valence-corrected chi connectivity index (χ0v) is 37.1. The van der Waals surface area contributed by atoms with Crippen LogP contribution in [0.5, 0.6) is 0 Å². The lowest BCUT2D eigenvalue weighted by Gasteiger charge is -2.42. The molecule has 3 heterocycles. The molecule has 2 bridgehead atoms. The predicted octanol–water partition coefficient (Wildman–Crippen LogP) is 14.1. The third-order valence-corrected chi connectivity index (χ3v) is 13.9. The van der Waals surface area contributed by atoms with Gasteiger partial charge in [0.2, 0.25) is 0 Å². The topological polar surface area (TPSA) is 82.3 Å². The molecule has 0 N–H and O–H groups in total. The Kier molecular flexibility index (Phi) is 8.89. The minimum Gasteiger partial charge on any atom is -0.309 e. The van der Waals surface area contributed by atoms with Gasteiger partial charge in [-0.25, -0.2) is 29.9 Å². The van der Waals surface area contributed by atoms with E-state index in [1.807, 2.05) is 78.9 Å². The SMILES string of the molecule is c1ccc(-c2nc(-c3ccccc3)nc(-c3ccc4c(c3)C3c5ccccc5C4c4cc(-c5nc(-c6ccccc6)nc(-c6cccc7c8ccccc8n(-c8ccccc8)c67)n5)ccc43)n2)cc1. The van der Waals surface area contributed by atoms with Crippen LogP contribution in [-0.4, -0.2) is 34.5 Å². The van der Waals surface area contributed by atoms with Gasteiger partial charge in [0.05, 0.1) is 11.0 Å². The van der Waals surface area contributed by atoms with E-state index in [9.17, 15) is 0 Å². The molecule has 3 aliphatic carbocycles. The van der Waals surface area contributed by atoms with Crippen molar-refractivity contribution < 1.29 is 0 Å². The normalized spacial score (nSPS) is 14.4. The summed E-state index contributed by atoms with van der Waals surface area (Å²) in [4.78, 5) is 31.1. The van der Waals surface area contributed by atoms with Crippen molar-refractivity contribution in [1.82, 2.24) is 34.5 Å². The van der Waals surface area contributed by atoms with Crippen LogP contribution < -0.4 is 0 Å². The second kappa shape index (κ2) is 15.7. The molecule has 0 saturated heterocycles. The molecule has 0 aliphatic heterocycles. The number of hydrogen-bond acceptors (Lipinski definition) is 6. The van der Waals surface area contributed by atoms with Crippen LogP contribution in [0.2, 0.25) is 0 Å². The van der Waals surface area contributed by atoms with E-state index in [2.05, 4.69) is 150 Å². The monoisotopic (exact) mass is 881 g/mol. The molecule has 3 aromatic heterocycles. The molecule has 2 unspecified atom stereocenters. The number of hydrogen-bond donors (Lipinski definition) is 0. The van der Waals surface area contributed by atoms with Crippen molar-refractivity contribution >= 4 is 21.8 Å². The molecule has 15 rings (SSSR count). The first-order valence-corrected chi connectivity index (χ1v) is 23.4. The number of benzene rings is 9. The first-order chi connectivity index (χ1) is 34.2. The Bertz CT molecular complexity index is 3910. The van der Waals surface area contributed by atoms with Gasteiger partial charge in [0.1, 0.15) is 0 Å². The molecule has 12 aromatic rings. The zero-order valence-electron chi connectivity index (χ0n) is 37.1. The molecule has 0 radical (unpaired) electrons. The minimum atomic E-state index is 0.00791. The van der Waals surface area contributed by atoms with Gasteiger partial charge in [0, 0.05) is 61.7 Å². The maximum Gasteiger partial charge on any atom is 0.166 e. The predicted molar refractivity (Wildman–Crippen MR) is 275 cm³/mol. The Morgan fingerprint density at radius 1 is 0.275 bits per heavy atom. The van der Waals surface area contributed by atoms with Gasteiger partial charge < -0.3 is 4.57 Å². The van der Waals surface area contributed by atoms with Crippen LogP contribution >= 0.6 is 0 Å².